The van der Waals surface area contributed by atoms with E-state index in [1.807, 2.05) is 11.4 Å². The number of piperidine rings is 1. The van der Waals surface area contributed by atoms with E-state index in [2.05, 4.69) is 20.6 Å². The molecule has 0 unspecified atom stereocenters. The molecule has 4 rings (SSSR count). The summed E-state index contributed by atoms with van der Waals surface area (Å²) in [7, 11) is 0. The molecule has 0 radical (unpaired) electrons. The number of aromatic nitrogens is 4. The summed E-state index contributed by atoms with van der Waals surface area (Å²) in [6.45, 7) is 2.09. The molecular formula is C15H20N6O2S. The van der Waals surface area contributed by atoms with Crippen molar-refractivity contribution in [1.82, 2.24) is 30.0 Å². The molecule has 2 atom stereocenters. The van der Waals surface area contributed by atoms with Crippen molar-refractivity contribution >= 4 is 17.2 Å². The van der Waals surface area contributed by atoms with Gasteiger partial charge in [0.15, 0.2) is 0 Å². The van der Waals surface area contributed by atoms with Gasteiger partial charge in [-0.15, -0.1) is 11.3 Å². The third-order valence-electron chi connectivity index (χ3n) is 4.85. The molecule has 2 aliphatic heterocycles. The number of rotatable bonds is 4. The number of thiophene rings is 1. The van der Waals surface area contributed by atoms with Gasteiger partial charge in [-0.25, -0.2) is 4.79 Å². The van der Waals surface area contributed by atoms with Crippen LogP contribution < -0.4 is 11.0 Å². The first-order chi connectivity index (χ1) is 11.7. The Morgan fingerprint density at radius 2 is 2.21 bits per heavy atom. The summed E-state index contributed by atoms with van der Waals surface area (Å²) < 4.78 is 2.33. The fraction of sp³-hybridized carbons (Fsp3) is 0.600. The monoisotopic (exact) mass is 348 g/mol. The van der Waals surface area contributed by atoms with Crippen LogP contribution >= 0.6 is 11.3 Å². The molecule has 4 heterocycles. The van der Waals surface area contributed by atoms with Crippen molar-refractivity contribution in [1.29, 1.82) is 0 Å². The first-order valence-electron chi connectivity index (χ1n) is 8.32. The number of nitrogens with zero attached hydrogens (tertiary/aromatic N) is 5. The smallest absolute Gasteiger partial charge is 0.350 e. The predicted octanol–water partition coefficient (Wildman–Crippen LogP) is 0.234. The Kier molecular flexibility index (Phi) is 4.19. The molecule has 0 saturated carbocycles. The van der Waals surface area contributed by atoms with Crippen LogP contribution in [0.2, 0.25) is 0 Å². The SMILES string of the molecule is O=C(Cn1nnn(-c2cccs2)c1=O)N[C@@H]1CCN2CCCC[C@H]12. The number of tetrazole rings is 1. The Hall–Kier alpha value is -2.00. The first kappa shape index (κ1) is 15.5. The summed E-state index contributed by atoms with van der Waals surface area (Å²) in [5.74, 6) is -0.173. The van der Waals surface area contributed by atoms with Crippen LogP contribution in [0, 0.1) is 0 Å². The summed E-state index contributed by atoms with van der Waals surface area (Å²) >= 11 is 1.40. The summed E-state index contributed by atoms with van der Waals surface area (Å²) in [5, 5.41) is 13.3. The molecule has 1 amide bonds. The molecule has 0 aromatic carbocycles. The van der Waals surface area contributed by atoms with Crippen molar-refractivity contribution in [3.05, 3.63) is 28.0 Å². The van der Waals surface area contributed by atoms with Crippen LogP contribution in [0.5, 0.6) is 0 Å². The zero-order valence-corrected chi connectivity index (χ0v) is 14.1. The van der Waals surface area contributed by atoms with E-state index in [1.165, 1.54) is 28.9 Å². The quantitative estimate of drug-likeness (QED) is 0.855. The zero-order chi connectivity index (χ0) is 16.5. The molecule has 9 heteroatoms. The molecular weight excluding hydrogens is 328 g/mol. The van der Waals surface area contributed by atoms with Gasteiger partial charge in [-0.05, 0) is 53.7 Å². The minimum Gasteiger partial charge on any atom is -0.350 e. The predicted molar refractivity (Wildman–Crippen MR) is 89.3 cm³/mol. The number of hydrogen-bond donors (Lipinski definition) is 1. The molecule has 0 spiro atoms. The van der Waals surface area contributed by atoms with Crippen molar-refractivity contribution in [3.63, 3.8) is 0 Å². The largest absolute Gasteiger partial charge is 0.369 e. The number of carbonyl (C=O) groups is 1. The highest BCUT2D eigenvalue weighted by Gasteiger charge is 2.36. The maximum absolute atomic E-state index is 12.3. The maximum atomic E-state index is 12.3. The Labute approximate surface area is 143 Å². The first-order valence-corrected chi connectivity index (χ1v) is 9.20. The summed E-state index contributed by atoms with van der Waals surface area (Å²) in [4.78, 5) is 27.1. The second kappa shape index (κ2) is 6.48. The fourth-order valence-corrected chi connectivity index (χ4v) is 4.37. The number of fused-ring (bicyclic) bond motifs is 1. The average molecular weight is 348 g/mol. The topological polar surface area (TPSA) is 85.0 Å². The van der Waals surface area contributed by atoms with Crippen LogP contribution in [0.1, 0.15) is 25.7 Å². The normalized spacial score (nSPS) is 24.0. The van der Waals surface area contributed by atoms with Crippen molar-refractivity contribution in [2.75, 3.05) is 13.1 Å². The van der Waals surface area contributed by atoms with E-state index in [1.54, 1.807) is 6.07 Å². The van der Waals surface area contributed by atoms with Crippen molar-refractivity contribution < 1.29 is 4.79 Å². The number of amides is 1. The van der Waals surface area contributed by atoms with Crippen LogP contribution in [0.15, 0.2) is 22.3 Å². The molecule has 2 aromatic heterocycles. The molecule has 2 aromatic rings. The van der Waals surface area contributed by atoms with E-state index in [0.29, 0.717) is 11.0 Å². The van der Waals surface area contributed by atoms with Crippen molar-refractivity contribution in [2.24, 2.45) is 0 Å². The third-order valence-corrected chi connectivity index (χ3v) is 5.69. The third kappa shape index (κ3) is 2.89. The molecule has 2 fully saturated rings. The Morgan fingerprint density at radius 1 is 1.29 bits per heavy atom. The van der Waals surface area contributed by atoms with E-state index >= 15 is 0 Å². The van der Waals surface area contributed by atoms with Crippen LogP contribution in [0.25, 0.3) is 5.00 Å². The minimum atomic E-state index is -0.390. The molecule has 0 aliphatic carbocycles. The Bertz CT molecular complexity index is 767. The van der Waals surface area contributed by atoms with E-state index in [9.17, 15) is 9.59 Å². The van der Waals surface area contributed by atoms with Gasteiger partial charge >= 0.3 is 5.69 Å². The van der Waals surface area contributed by atoms with Gasteiger partial charge < -0.3 is 5.32 Å². The molecule has 24 heavy (non-hydrogen) atoms. The second-order valence-corrected chi connectivity index (χ2v) is 7.27. The van der Waals surface area contributed by atoms with Crippen molar-refractivity contribution in [3.8, 4) is 5.00 Å². The summed E-state index contributed by atoms with van der Waals surface area (Å²) in [6, 6.07) is 4.26. The van der Waals surface area contributed by atoms with Crippen molar-refractivity contribution in [2.45, 2.75) is 44.3 Å². The fourth-order valence-electron chi connectivity index (χ4n) is 3.71. The van der Waals surface area contributed by atoms with Gasteiger partial charge in [0.25, 0.3) is 0 Å². The second-order valence-electron chi connectivity index (χ2n) is 6.34. The van der Waals surface area contributed by atoms with Crippen LogP contribution in [-0.2, 0) is 11.3 Å². The van der Waals surface area contributed by atoms with Crippen LogP contribution in [-0.4, -0.2) is 55.8 Å². The number of carbonyl (C=O) groups excluding carboxylic acids is 1. The molecule has 1 N–H and O–H groups in total. The highest BCUT2D eigenvalue weighted by Crippen LogP contribution is 2.27. The van der Waals surface area contributed by atoms with E-state index < -0.39 is 5.69 Å². The number of nitrogens with one attached hydrogen (secondary N) is 1. The summed E-state index contributed by atoms with van der Waals surface area (Å²) in [5.41, 5.74) is -0.390. The average Bonchev–Trinajstić information content (AvgIpc) is 3.30. The van der Waals surface area contributed by atoms with Crippen LogP contribution in [0.4, 0.5) is 0 Å². The van der Waals surface area contributed by atoms with Gasteiger partial charge in [0.1, 0.15) is 11.5 Å². The van der Waals surface area contributed by atoms with E-state index in [0.717, 1.165) is 30.6 Å². The highest BCUT2D eigenvalue weighted by atomic mass is 32.1. The minimum absolute atomic E-state index is 0.0899. The van der Waals surface area contributed by atoms with Gasteiger partial charge in [0.2, 0.25) is 5.91 Å². The van der Waals surface area contributed by atoms with Crippen LogP contribution in [0.3, 0.4) is 0 Å². The van der Waals surface area contributed by atoms with Gasteiger partial charge in [0.05, 0.1) is 0 Å². The Balaban J connectivity index is 1.41. The van der Waals surface area contributed by atoms with E-state index in [-0.39, 0.29) is 18.5 Å². The molecule has 8 nitrogen and oxygen atoms in total. The van der Waals surface area contributed by atoms with Gasteiger partial charge in [-0.1, -0.05) is 6.42 Å². The van der Waals surface area contributed by atoms with Gasteiger partial charge in [-0.2, -0.15) is 9.36 Å². The Morgan fingerprint density at radius 3 is 3.04 bits per heavy atom. The summed E-state index contributed by atoms with van der Waals surface area (Å²) in [6.07, 6.45) is 4.59. The molecule has 2 aliphatic rings. The lowest BCUT2D eigenvalue weighted by molar-refractivity contribution is -0.122. The highest BCUT2D eigenvalue weighted by molar-refractivity contribution is 7.12. The maximum Gasteiger partial charge on any atom is 0.369 e. The lowest BCUT2D eigenvalue weighted by Crippen LogP contribution is -2.48. The standard InChI is InChI=1S/C15H20N6O2S/c22-13(16-11-6-8-19-7-2-1-4-12(11)19)10-20-15(23)21(18-17-20)14-5-3-9-24-14/h3,5,9,11-12H,1-2,4,6-8,10H2,(H,16,22)/t11-,12-/m1/s1. The van der Waals surface area contributed by atoms with E-state index in [4.69, 9.17) is 0 Å². The molecule has 128 valence electrons. The lowest BCUT2D eigenvalue weighted by atomic mass is 9.99. The molecule has 2 saturated heterocycles. The number of hydrogen-bond acceptors (Lipinski definition) is 6. The van der Waals surface area contributed by atoms with Gasteiger partial charge in [0, 0.05) is 18.6 Å². The van der Waals surface area contributed by atoms with Gasteiger partial charge in [-0.3, -0.25) is 9.69 Å². The zero-order valence-electron chi connectivity index (χ0n) is 13.3. The lowest BCUT2D eigenvalue weighted by Gasteiger charge is -2.32. The molecule has 0 bridgehead atoms.